The van der Waals surface area contributed by atoms with Gasteiger partial charge >= 0.3 is 0 Å². The second-order valence-corrected chi connectivity index (χ2v) is 3.77. The van der Waals surface area contributed by atoms with E-state index >= 15 is 0 Å². The highest BCUT2D eigenvalue weighted by atomic mass is 16.6. The molecule has 0 bridgehead atoms. The highest BCUT2D eigenvalue weighted by Crippen LogP contribution is 2.16. The number of nitrogens with one attached hydrogen (secondary N) is 1. The lowest BCUT2D eigenvalue weighted by atomic mass is 10.2. The van der Waals surface area contributed by atoms with Crippen molar-refractivity contribution in [3.8, 4) is 5.75 Å². The summed E-state index contributed by atoms with van der Waals surface area (Å²) in [5.74, 6) is 0.184. The second-order valence-electron chi connectivity index (χ2n) is 3.77. The normalized spacial score (nSPS) is 10.5. The lowest BCUT2D eigenvalue weighted by Gasteiger charge is -1.99. The molecular formula is C13H11N3O3. The molecule has 0 unspecified atom stereocenters. The molecule has 0 atom stereocenters. The standard InChI is InChI=1S/C13H11N3O3/c17-13-6-4-10(5-7-13)9-14-15-11-2-1-3-12(8-11)16(18)19/h1-9,15,17H. The van der Waals surface area contributed by atoms with Gasteiger partial charge in [0.15, 0.2) is 0 Å². The van der Waals surface area contributed by atoms with E-state index in [1.54, 1.807) is 42.6 Å². The number of nitro benzene ring substituents is 1. The molecule has 96 valence electrons. The minimum atomic E-state index is -0.463. The minimum absolute atomic E-state index is 0.00448. The molecule has 2 aromatic carbocycles. The fourth-order valence-electron chi connectivity index (χ4n) is 1.43. The van der Waals surface area contributed by atoms with Crippen molar-refractivity contribution in [1.82, 2.24) is 0 Å². The summed E-state index contributed by atoms with van der Waals surface area (Å²) in [7, 11) is 0. The van der Waals surface area contributed by atoms with Gasteiger partial charge in [-0.2, -0.15) is 5.10 Å². The van der Waals surface area contributed by atoms with Crippen LogP contribution in [0.25, 0.3) is 0 Å². The Labute approximate surface area is 109 Å². The molecule has 2 aromatic rings. The first-order valence-electron chi connectivity index (χ1n) is 5.48. The van der Waals surface area contributed by atoms with Crippen LogP contribution in [0.2, 0.25) is 0 Å². The third kappa shape index (κ3) is 3.53. The van der Waals surface area contributed by atoms with E-state index in [0.29, 0.717) is 5.69 Å². The molecule has 6 nitrogen and oxygen atoms in total. The Hall–Kier alpha value is -2.89. The molecule has 0 spiro atoms. The van der Waals surface area contributed by atoms with E-state index in [0.717, 1.165) is 5.56 Å². The van der Waals surface area contributed by atoms with E-state index in [1.165, 1.54) is 12.1 Å². The first-order chi connectivity index (χ1) is 9.15. The number of aromatic hydroxyl groups is 1. The van der Waals surface area contributed by atoms with E-state index in [4.69, 9.17) is 5.11 Å². The van der Waals surface area contributed by atoms with Gasteiger partial charge in [0.2, 0.25) is 0 Å². The van der Waals surface area contributed by atoms with Gasteiger partial charge in [-0.25, -0.2) is 0 Å². The summed E-state index contributed by atoms with van der Waals surface area (Å²) >= 11 is 0. The Morgan fingerprint density at radius 1 is 1.21 bits per heavy atom. The SMILES string of the molecule is O=[N+]([O-])c1cccc(NN=Cc2ccc(O)cc2)c1. The third-order valence-corrected chi connectivity index (χ3v) is 2.36. The molecule has 0 aromatic heterocycles. The summed E-state index contributed by atoms with van der Waals surface area (Å²) in [5, 5.41) is 23.7. The number of benzene rings is 2. The summed E-state index contributed by atoms with van der Waals surface area (Å²) in [6.45, 7) is 0. The van der Waals surface area contributed by atoms with Crippen LogP contribution in [-0.4, -0.2) is 16.2 Å². The topological polar surface area (TPSA) is 87.8 Å². The predicted molar refractivity (Wildman–Crippen MR) is 72.4 cm³/mol. The van der Waals surface area contributed by atoms with Crippen molar-refractivity contribution >= 4 is 17.6 Å². The smallest absolute Gasteiger partial charge is 0.271 e. The van der Waals surface area contributed by atoms with E-state index in [1.807, 2.05) is 0 Å². The first kappa shape index (κ1) is 12.6. The summed E-state index contributed by atoms with van der Waals surface area (Å²) < 4.78 is 0. The zero-order valence-corrected chi connectivity index (χ0v) is 9.85. The van der Waals surface area contributed by atoms with Gasteiger partial charge < -0.3 is 5.11 Å². The number of hydrazone groups is 1. The Bertz CT molecular complexity index is 609. The average molecular weight is 257 g/mol. The van der Waals surface area contributed by atoms with Crippen molar-refractivity contribution in [2.75, 3.05) is 5.43 Å². The quantitative estimate of drug-likeness (QED) is 0.500. The molecule has 0 saturated carbocycles. The van der Waals surface area contributed by atoms with Crippen molar-refractivity contribution in [2.45, 2.75) is 0 Å². The van der Waals surface area contributed by atoms with Gasteiger partial charge in [-0.1, -0.05) is 6.07 Å². The van der Waals surface area contributed by atoms with Crippen LogP contribution in [-0.2, 0) is 0 Å². The number of nitrogens with zero attached hydrogens (tertiary/aromatic N) is 2. The van der Waals surface area contributed by atoms with Crippen molar-refractivity contribution in [3.63, 3.8) is 0 Å². The van der Waals surface area contributed by atoms with Crippen LogP contribution in [0.5, 0.6) is 5.75 Å². The molecule has 0 heterocycles. The van der Waals surface area contributed by atoms with E-state index < -0.39 is 4.92 Å². The Morgan fingerprint density at radius 3 is 2.63 bits per heavy atom. The number of nitro groups is 1. The molecule has 0 aliphatic carbocycles. The van der Waals surface area contributed by atoms with E-state index in [2.05, 4.69) is 10.5 Å². The molecule has 19 heavy (non-hydrogen) atoms. The predicted octanol–water partition coefficient (Wildman–Crippen LogP) is 2.75. The number of hydrogen-bond donors (Lipinski definition) is 2. The minimum Gasteiger partial charge on any atom is -0.508 e. The number of phenolic OH excluding ortho intramolecular Hbond substituents is 1. The molecule has 6 heteroatoms. The van der Waals surface area contributed by atoms with Crippen LogP contribution in [0.3, 0.4) is 0 Å². The van der Waals surface area contributed by atoms with E-state index in [9.17, 15) is 10.1 Å². The average Bonchev–Trinajstić information content (AvgIpc) is 2.41. The highest BCUT2D eigenvalue weighted by molar-refractivity contribution is 5.80. The second kappa shape index (κ2) is 5.63. The lowest BCUT2D eigenvalue weighted by molar-refractivity contribution is -0.384. The van der Waals surface area contributed by atoms with Crippen molar-refractivity contribution in [2.24, 2.45) is 5.10 Å². The number of phenols is 1. The molecule has 2 N–H and O–H groups in total. The largest absolute Gasteiger partial charge is 0.508 e. The molecule has 0 saturated heterocycles. The van der Waals surface area contributed by atoms with E-state index in [-0.39, 0.29) is 11.4 Å². The van der Waals surface area contributed by atoms with Crippen molar-refractivity contribution in [1.29, 1.82) is 0 Å². The van der Waals surface area contributed by atoms with Gasteiger partial charge in [0.25, 0.3) is 5.69 Å². The molecule has 0 amide bonds. The molecule has 2 rings (SSSR count). The summed E-state index contributed by atoms with van der Waals surface area (Å²) in [5.41, 5.74) is 4.04. The number of rotatable bonds is 4. The van der Waals surface area contributed by atoms with Crippen LogP contribution in [0, 0.1) is 10.1 Å². The maximum absolute atomic E-state index is 10.6. The van der Waals surface area contributed by atoms with Gasteiger partial charge in [0.05, 0.1) is 16.8 Å². The van der Waals surface area contributed by atoms with Gasteiger partial charge in [-0.15, -0.1) is 0 Å². The fraction of sp³-hybridized carbons (Fsp3) is 0. The summed E-state index contributed by atoms with van der Waals surface area (Å²) in [4.78, 5) is 10.1. The first-order valence-corrected chi connectivity index (χ1v) is 5.48. The summed E-state index contributed by atoms with van der Waals surface area (Å²) in [6.07, 6.45) is 1.55. The molecular weight excluding hydrogens is 246 g/mol. The van der Waals surface area contributed by atoms with Gasteiger partial charge in [0.1, 0.15) is 5.75 Å². The van der Waals surface area contributed by atoms with Crippen LogP contribution < -0.4 is 5.43 Å². The van der Waals surface area contributed by atoms with Gasteiger partial charge in [-0.05, 0) is 35.9 Å². The molecule has 0 fully saturated rings. The fourth-order valence-corrected chi connectivity index (χ4v) is 1.43. The third-order valence-electron chi connectivity index (χ3n) is 2.36. The molecule has 0 aliphatic rings. The molecule has 0 radical (unpaired) electrons. The number of non-ortho nitro benzene ring substituents is 1. The van der Waals surface area contributed by atoms with Gasteiger partial charge in [0, 0.05) is 12.1 Å². The van der Waals surface area contributed by atoms with Gasteiger partial charge in [-0.3, -0.25) is 15.5 Å². The number of hydrogen-bond acceptors (Lipinski definition) is 5. The van der Waals surface area contributed by atoms with Crippen LogP contribution >= 0.6 is 0 Å². The highest BCUT2D eigenvalue weighted by Gasteiger charge is 2.04. The summed E-state index contributed by atoms with van der Waals surface area (Å²) in [6, 6.07) is 12.6. The maximum atomic E-state index is 10.6. The molecule has 0 aliphatic heterocycles. The van der Waals surface area contributed by atoms with Crippen LogP contribution in [0.15, 0.2) is 53.6 Å². The number of anilines is 1. The zero-order valence-electron chi connectivity index (χ0n) is 9.85. The van der Waals surface area contributed by atoms with Crippen molar-refractivity contribution < 1.29 is 10.0 Å². The Balaban J connectivity index is 2.04. The van der Waals surface area contributed by atoms with Crippen LogP contribution in [0.4, 0.5) is 11.4 Å². The maximum Gasteiger partial charge on any atom is 0.271 e. The lowest BCUT2D eigenvalue weighted by Crippen LogP contribution is -1.92. The zero-order chi connectivity index (χ0) is 13.7. The van der Waals surface area contributed by atoms with Crippen LogP contribution in [0.1, 0.15) is 5.56 Å². The Morgan fingerprint density at radius 2 is 1.95 bits per heavy atom. The van der Waals surface area contributed by atoms with Crippen molar-refractivity contribution in [3.05, 3.63) is 64.2 Å². The monoisotopic (exact) mass is 257 g/mol. The Kier molecular flexibility index (Phi) is 3.72.